The van der Waals surface area contributed by atoms with Crippen LogP contribution in [0.25, 0.3) is 5.95 Å². The van der Waals surface area contributed by atoms with Gasteiger partial charge < -0.3 is 5.32 Å². The van der Waals surface area contributed by atoms with Crippen LogP contribution in [0.2, 0.25) is 0 Å². The lowest BCUT2D eigenvalue weighted by molar-refractivity contribution is 0.251. The Balaban J connectivity index is 1.82. The number of carbonyl (C=O) groups excluding carboxylic acids is 1. The zero-order valence-corrected chi connectivity index (χ0v) is 15.6. The summed E-state index contributed by atoms with van der Waals surface area (Å²) in [6.07, 6.45) is 0.600. The van der Waals surface area contributed by atoms with E-state index in [1.165, 1.54) is 4.68 Å². The molecule has 3 aromatic rings. The molecule has 8 nitrogen and oxygen atoms in total. The van der Waals surface area contributed by atoms with Gasteiger partial charge in [-0.3, -0.25) is 15.1 Å². The number of thiophene rings is 1. The van der Waals surface area contributed by atoms with Crippen molar-refractivity contribution in [3.63, 3.8) is 0 Å². The molecule has 9 heteroatoms. The predicted molar refractivity (Wildman–Crippen MR) is 101 cm³/mol. The second-order valence-corrected chi connectivity index (χ2v) is 6.81. The largest absolute Gasteiger partial charge is 0.333 e. The first-order valence-corrected chi connectivity index (χ1v) is 9.10. The van der Waals surface area contributed by atoms with Gasteiger partial charge in [0.1, 0.15) is 5.82 Å². The quantitative estimate of drug-likeness (QED) is 0.640. The summed E-state index contributed by atoms with van der Waals surface area (Å²) < 4.78 is 1.42. The Labute approximate surface area is 154 Å². The van der Waals surface area contributed by atoms with Crippen LogP contribution in [-0.2, 0) is 13.0 Å². The molecule has 26 heavy (non-hydrogen) atoms. The minimum absolute atomic E-state index is 0.198. The first-order valence-electron chi connectivity index (χ1n) is 8.22. The number of amides is 2. The van der Waals surface area contributed by atoms with Gasteiger partial charge in [0.2, 0.25) is 5.95 Å². The van der Waals surface area contributed by atoms with E-state index in [9.17, 15) is 9.59 Å². The molecule has 2 amide bonds. The van der Waals surface area contributed by atoms with Gasteiger partial charge in [0.15, 0.2) is 0 Å². The van der Waals surface area contributed by atoms with Gasteiger partial charge >= 0.3 is 6.03 Å². The second kappa shape index (κ2) is 7.52. The number of rotatable bonds is 5. The van der Waals surface area contributed by atoms with Crippen LogP contribution < -0.4 is 16.2 Å². The Bertz CT molecular complexity index is 974. The van der Waals surface area contributed by atoms with Crippen LogP contribution in [0, 0.1) is 13.8 Å². The average Bonchev–Trinajstić information content (AvgIpc) is 3.22. The summed E-state index contributed by atoms with van der Waals surface area (Å²) >= 11 is 1.57. The highest BCUT2D eigenvalue weighted by Gasteiger charge is 2.14. The van der Waals surface area contributed by atoms with Crippen LogP contribution in [-0.4, -0.2) is 25.8 Å². The van der Waals surface area contributed by atoms with Crippen LogP contribution in [0.1, 0.15) is 28.8 Å². The minimum atomic E-state index is -0.358. The number of anilines is 1. The summed E-state index contributed by atoms with van der Waals surface area (Å²) in [7, 11) is 0. The van der Waals surface area contributed by atoms with Crippen molar-refractivity contribution in [2.24, 2.45) is 0 Å². The lowest BCUT2D eigenvalue weighted by atomic mass is 10.2. The Morgan fingerprint density at radius 2 is 2.19 bits per heavy atom. The van der Waals surface area contributed by atoms with E-state index in [2.05, 4.69) is 25.7 Å². The first kappa shape index (κ1) is 17.9. The van der Waals surface area contributed by atoms with Crippen LogP contribution in [0.5, 0.6) is 0 Å². The van der Waals surface area contributed by atoms with Gasteiger partial charge in [0.25, 0.3) is 5.56 Å². The smallest absolute Gasteiger partial charge is 0.320 e. The number of nitrogens with zero attached hydrogens (tertiary/aromatic N) is 3. The third-order valence-electron chi connectivity index (χ3n) is 3.84. The Hall–Kier alpha value is -2.94. The lowest BCUT2D eigenvalue weighted by Crippen LogP contribution is -2.29. The zero-order chi connectivity index (χ0) is 18.7. The molecule has 0 fully saturated rings. The van der Waals surface area contributed by atoms with Gasteiger partial charge in [0, 0.05) is 22.2 Å². The van der Waals surface area contributed by atoms with Crippen molar-refractivity contribution in [2.45, 2.75) is 33.7 Å². The standard InChI is InChI=1S/C17H20N6O2S/c1-4-13-11(3)19-16(21-15(13)24)23-14(8-10(2)22-23)20-17(25)18-9-12-6-5-7-26-12/h5-8H,4,9H2,1-3H3,(H2,18,20,25)(H,19,21,24). The van der Waals surface area contributed by atoms with E-state index in [1.54, 1.807) is 31.3 Å². The normalized spacial score (nSPS) is 10.7. The zero-order valence-electron chi connectivity index (χ0n) is 14.8. The molecular formula is C17H20N6O2S. The van der Waals surface area contributed by atoms with Crippen LogP contribution in [0.15, 0.2) is 28.4 Å². The van der Waals surface area contributed by atoms with Gasteiger partial charge in [0.05, 0.1) is 12.2 Å². The van der Waals surface area contributed by atoms with Crippen molar-refractivity contribution < 1.29 is 4.79 Å². The maximum Gasteiger partial charge on any atom is 0.320 e. The number of aryl methyl sites for hydroxylation is 2. The fourth-order valence-corrected chi connectivity index (χ4v) is 3.25. The SMILES string of the molecule is CCc1c(C)nc(-n2nc(C)cc2NC(=O)NCc2cccs2)[nH]c1=O. The van der Waals surface area contributed by atoms with E-state index in [0.29, 0.717) is 35.7 Å². The molecule has 3 N–H and O–H groups in total. The van der Waals surface area contributed by atoms with E-state index in [4.69, 9.17) is 0 Å². The van der Waals surface area contributed by atoms with Crippen molar-refractivity contribution in [3.05, 3.63) is 55.8 Å². The third kappa shape index (κ3) is 3.83. The van der Waals surface area contributed by atoms with Crippen LogP contribution >= 0.6 is 11.3 Å². The Morgan fingerprint density at radius 1 is 1.38 bits per heavy atom. The average molecular weight is 372 g/mol. The van der Waals surface area contributed by atoms with Crippen molar-refractivity contribution in [3.8, 4) is 5.95 Å². The summed E-state index contributed by atoms with van der Waals surface area (Å²) in [4.78, 5) is 32.6. The molecular weight excluding hydrogens is 352 g/mol. The molecule has 3 aromatic heterocycles. The molecule has 0 aromatic carbocycles. The van der Waals surface area contributed by atoms with Gasteiger partial charge in [-0.05, 0) is 31.7 Å². The highest BCUT2D eigenvalue weighted by molar-refractivity contribution is 7.09. The van der Waals surface area contributed by atoms with E-state index in [1.807, 2.05) is 24.4 Å². The number of aromatic nitrogens is 4. The Morgan fingerprint density at radius 3 is 2.85 bits per heavy atom. The molecule has 0 aliphatic rings. The molecule has 0 bridgehead atoms. The van der Waals surface area contributed by atoms with Crippen LogP contribution in [0.3, 0.4) is 0 Å². The molecule has 3 rings (SSSR count). The van der Waals surface area contributed by atoms with Gasteiger partial charge in [-0.2, -0.15) is 9.78 Å². The summed E-state index contributed by atoms with van der Waals surface area (Å²) in [6.45, 7) is 5.93. The van der Waals surface area contributed by atoms with E-state index in [0.717, 1.165) is 4.88 Å². The summed E-state index contributed by atoms with van der Waals surface area (Å²) in [5.74, 6) is 0.698. The van der Waals surface area contributed by atoms with Crippen molar-refractivity contribution in [1.29, 1.82) is 0 Å². The lowest BCUT2D eigenvalue weighted by Gasteiger charge is -2.10. The topological polar surface area (TPSA) is 105 Å². The molecule has 3 heterocycles. The maximum absolute atomic E-state index is 12.2. The number of aromatic amines is 1. The van der Waals surface area contributed by atoms with E-state index >= 15 is 0 Å². The molecule has 136 valence electrons. The van der Waals surface area contributed by atoms with Crippen LogP contribution in [0.4, 0.5) is 10.6 Å². The second-order valence-electron chi connectivity index (χ2n) is 5.78. The number of H-pyrrole nitrogens is 1. The first-order chi connectivity index (χ1) is 12.5. The fraction of sp³-hybridized carbons (Fsp3) is 0.294. The van der Waals surface area contributed by atoms with Gasteiger partial charge in [-0.15, -0.1) is 11.3 Å². The molecule has 0 aliphatic carbocycles. The highest BCUT2D eigenvalue weighted by atomic mass is 32.1. The summed E-state index contributed by atoms with van der Waals surface area (Å²) in [5.41, 5.74) is 1.78. The van der Waals surface area contributed by atoms with Gasteiger partial charge in [-0.25, -0.2) is 9.78 Å². The number of carbonyl (C=O) groups is 1. The molecule has 0 saturated carbocycles. The third-order valence-corrected chi connectivity index (χ3v) is 4.72. The maximum atomic E-state index is 12.2. The molecule has 0 unspecified atom stereocenters. The van der Waals surface area contributed by atoms with Crippen molar-refractivity contribution >= 4 is 23.2 Å². The Kier molecular flexibility index (Phi) is 5.17. The molecule has 0 atom stereocenters. The number of hydrogen-bond acceptors (Lipinski definition) is 5. The molecule has 0 spiro atoms. The number of hydrogen-bond donors (Lipinski definition) is 3. The minimum Gasteiger partial charge on any atom is -0.333 e. The van der Waals surface area contributed by atoms with E-state index in [-0.39, 0.29) is 17.5 Å². The number of nitrogens with one attached hydrogen (secondary N) is 3. The summed E-state index contributed by atoms with van der Waals surface area (Å²) in [5, 5.41) is 11.8. The molecule has 0 radical (unpaired) electrons. The van der Waals surface area contributed by atoms with Gasteiger partial charge in [-0.1, -0.05) is 13.0 Å². The molecule has 0 saturated heterocycles. The predicted octanol–water partition coefficient (Wildman–Crippen LogP) is 2.52. The highest BCUT2D eigenvalue weighted by Crippen LogP contribution is 2.15. The number of urea groups is 1. The fourth-order valence-electron chi connectivity index (χ4n) is 2.60. The monoisotopic (exact) mass is 372 g/mol. The van der Waals surface area contributed by atoms with Crippen molar-refractivity contribution in [2.75, 3.05) is 5.32 Å². The molecule has 0 aliphatic heterocycles. The van der Waals surface area contributed by atoms with Crippen molar-refractivity contribution in [1.82, 2.24) is 25.1 Å². The summed E-state index contributed by atoms with van der Waals surface area (Å²) in [6, 6.07) is 5.24. The van der Waals surface area contributed by atoms with E-state index < -0.39 is 0 Å².